The molecule has 4 heterocycles. The van der Waals surface area contributed by atoms with Gasteiger partial charge in [0.05, 0.1) is 30.6 Å². The number of nitrogens with zero attached hydrogens (tertiary/aromatic N) is 3. The Hall–Kier alpha value is -4.53. The highest BCUT2D eigenvalue weighted by atomic mass is 16.5. The zero-order chi connectivity index (χ0) is 31.3. The van der Waals surface area contributed by atoms with Crippen molar-refractivity contribution in [3.63, 3.8) is 0 Å². The normalized spacial score (nSPS) is 28.1. The average Bonchev–Trinajstić information content (AvgIpc) is 3.37. The Morgan fingerprint density at radius 1 is 0.844 bits per heavy atom. The van der Waals surface area contributed by atoms with E-state index in [0.717, 1.165) is 22.4 Å². The minimum absolute atomic E-state index is 0.179. The Morgan fingerprint density at radius 3 is 2.22 bits per heavy atom. The number of hydrogen-bond acceptors (Lipinski definition) is 5. The zero-order valence-electron chi connectivity index (χ0n) is 25.5. The number of aryl methyl sites for hydroxylation is 2. The van der Waals surface area contributed by atoms with E-state index in [-0.39, 0.29) is 24.3 Å². The molecule has 3 amide bonds. The molecule has 1 unspecified atom stereocenters. The molecular weight excluding hydrogens is 566 g/mol. The van der Waals surface area contributed by atoms with Gasteiger partial charge in [0.1, 0.15) is 11.6 Å². The zero-order valence-corrected chi connectivity index (χ0v) is 25.5. The molecule has 1 N–H and O–H groups in total. The lowest BCUT2D eigenvalue weighted by atomic mass is 9.77. The van der Waals surface area contributed by atoms with Gasteiger partial charge in [0, 0.05) is 25.3 Å². The van der Waals surface area contributed by atoms with E-state index in [1.807, 2.05) is 117 Å². The van der Waals surface area contributed by atoms with Gasteiger partial charge >= 0.3 is 0 Å². The number of aliphatic hydroxyl groups excluding tert-OH is 1. The third-order valence-corrected chi connectivity index (χ3v) is 9.80. The second-order valence-electron chi connectivity index (χ2n) is 12.4. The number of anilines is 1. The molecule has 4 aliphatic heterocycles. The number of ether oxygens (including phenoxy) is 1. The van der Waals surface area contributed by atoms with E-state index >= 15 is 0 Å². The third kappa shape index (κ3) is 4.62. The molecule has 0 bridgehead atoms. The van der Waals surface area contributed by atoms with Crippen LogP contribution in [-0.2, 0) is 25.7 Å². The summed E-state index contributed by atoms with van der Waals surface area (Å²) in [5.41, 5.74) is 2.96. The van der Waals surface area contributed by atoms with Crippen molar-refractivity contribution in [1.29, 1.82) is 0 Å². The van der Waals surface area contributed by atoms with Gasteiger partial charge < -0.3 is 24.5 Å². The van der Waals surface area contributed by atoms with Gasteiger partial charge in [0.15, 0.2) is 0 Å². The van der Waals surface area contributed by atoms with Gasteiger partial charge in [-0.1, -0.05) is 103 Å². The van der Waals surface area contributed by atoms with Crippen LogP contribution in [0.25, 0.3) is 0 Å². The van der Waals surface area contributed by atoms with Gasteiger partial charge in [-0.15, -0.1) is 0 Å². The fraction of sp³-hybridized carbons (Fsp3) is 0.324. The first-order valence-electron chi connectivity index (χ1n) is 15.6. The maximum atomic E-state index is 15.0. The first-order valence-corrected chi connectivity index (χ1v) is 15.6. The maximum absolute atomic E-state index is 15.0. The summed E-state index contributed by atoms with van der Waals surface area (Å²) in [6, 6.07) is 23.0. The number of benzene rings is 3. The molecule has 3 aromatic rings. The third-order valence-electron chi connectivity index (χ3n) is 9.80. The van der Waals surface area contributed by atoms with Crippen LogP contribution in [0.15, 0.2) is 103 Å². The van der Waals surface area contributed by atoms with E-state index in [2.05, 4.69) is 0 Å². The van der Waals surface area contributed by atoms with Crippen molar-refractivity contribution in [1.82, 2.24) is 9.80 Å². The quantitative estimate of drug-likeness (QED) is 0.429. The second-order valence-corrected chi connectivity index (χ2v) is 12.4. The Bertz CT molecular complexity index is 1670. The Balaban J connectivity index is 1.36. The lowest BCUT2D eigenvalue weighted by molar-refractivity contribution is -0.147. The fourth-order valence-corrected chi connectivity index (χ4v) is 7.87. The molecule has 8 heteroatoms. The van der Waals surface area contributed by atoms with Crippen molar-refractivity contribution in [2.45, 2.75) is 44.2 Å². The monoisotopic (exact) mass is 603 g/mol. The number of carbonyl (C=O) groups excluding carboxylic acids is 3. The number of rotatable bonds is 6. The van der Waals surface area contributed by atoms with Crippen LogP contribution in [0.3, 0.4) is 0 Å². The Labute approximate surface area is 263 Å². The summed E-state index contributed by atoms with van der Waals surface area (Å²) in [5, 5.41) is 10.8. The predicted molar refractivity (Wildman–Crippen MR) is 170 cm³/mol. The molecule has 7 rings (SSSR count). The summed E-state index contributed by atoms with van der Waals surface area (Å²) in [5.74, 6) is -2.61. The number of aliphatic hydroxyl groups is 1. The van der Waals surface area contributed by atoms with Crippen LogP contribution in [0, 0.1) is 25.7 Å². The number of para-hydroxylation sites is 1. The molecule has 8 nitrogen and oxygen atoms in total. The van der Waals surface area contributed by atoms with Crippen LogP contribution < -0.4 is 4.90 Å². The summed E-state index contributed by atoms with van der Waals surface area (Å²) >= 11 is 0. The highest BCUT2D eigenvalue weighted by Crippen LogP contribution is 2.55. The SMILES string of the molecule is Cc1cccc(C)c1N1CC=C[C@]23O[C@@H]4C=CCN(Cc5ccccc5)C(=O)[C@@H]4[C@H]2C(=O)N([C@H](CO)c2ccccc2)C3C1=O. The van der Waals surface area contributed by atoms with Crippen LogP contribution in [0.5, 0.6) is 0 Å². The first-order chi connectivity index (χ1) is 21.9. The minimum Gasteiger partial charge on any atom is -0.394 e. The van der Waals surface area contributed by atoms with Crippen LogP contribution in [0.2, 0.25) is 0 Å². The molecule has 0 saturated carbocycles. The molecular formula is C37H37N3O5. The van der Waals surface area contributed by atoms with Crippen molar-refractivity contribution in [2.24, 2.45) is 11.8 Å². The van der Waals surface area contributed by atoms with Crippen molar-refractivity contribution in [2.75, 3.05) is 24.6 Å². The molecule has 2 saturated heterocycles. The second kappa shape index (κ2) is 11.4. The van der Waals surface area contributed by atoms with E-state index in [1.165, 1.54) is 4.90 Å². The van der Waals surface area contributed by atoms with Gasteiger partial charge in [-0.05, 0) is 36.1 Å². The van der Waals surface area contributed by atoms with Crippen LogP contribution in [-0.4, -0.2) is 70.1 Å². The van der Waals surface area contributed by atoms with Crippen LogP contribution in [0.1, 0.15) is 28.3 Å². The molecule has 3 aromatic carbocycles. The van der Waals surface area contributed by atoms with Crippen LogP contribution >= 0.6 is 0 Å². The standard InChI is InChI=1S/C37H37N3O5/c1-24-12-9-13-25(2)32(24)39-21-11-19-37-31(35(43)40(33(37)36(39)44)28(23-41)27-16-7-4-8-17-27)30-29(45-37)18-10-20-38(34(30)42)22-26-14-5-3-6-15-26/h3-19,28-31,33,41H,20-23H2,1-2H3/t28-,29-,30+,31+,33?,37+/m1/s1. The topological polar surface area (TPSA) is 90.4 Å². The number of carbonyl (C=O) groups is 3. The van der Waals surface area contributed by atoms with E-state index in [9.17, 15) is 19.5 Å². The highest BCUT2D eigenvalue weighted by molar-refractivity contribution is 6.06. The van der Waals surface area contributed by atoms with E-state index in [1.54, 1.807) is 9.80 Å². The maximum Gasteiger partial charge on any atom is 0.253 e. The van der Waals surface area contributed by atoms with Gasteiger partial charge in [-0.25, -0.2) is 0 Å². The van der Waals surface area contributed by atoms with Crippen molar-refractivity contribution >= 4 is 23.4 Å². The molecule has 2 fully saturated rings. The summed E-state index contributed by atoms with van der Waals surface area (Å²) in [7, 11) is 0. The predicted octanol–water partition coefficient (Wildman–Crippen LogP) is 4.12. The van der Waals surface area contributed by atoms with Crippen molar-refractivity contribution in [3.8, 4) is 0 Å². The Kier molecular flexibility index (Phi) is 7.42. The number of likely N-dealkylation sites (tertiary alicyclic amines) is 1. The molecule has 1 spiro atoms. The smallest absolute Gasteiger partial charge is 0.253 e. The molecule has 0 aromatic heterocycles. The van der Waals surface area contributed by atoms with Gasteiger partial charge in [0.2, 0.25) is 11.8 Å². The Morgan fingerprint density at radius 2 is 1.53 bits per heavy atom. The lowest BCUT2D eigenvalue weighted by Crippen LogP contribution is -2.56. The van der Waals surface area contributed by atoms with Gasteiger partial charge in [-0.3, -0.25) is 14.4 Å². The lowest BCUT2D eigenvalue weighted by Gasteiger charge is -2.39. The molecule has 0 radical (unpaired) electrons. The summed E-state index contributed by atoms with van der Waals surface area (Å²) in [6.45, 7) is 4.62. The summed E-state index contributed by atoms with van der Waals surface area (Å²) in [4.78, 5) is 49.2. The fourth-order valence-electron chi connectivity index (χ4n) is 7.87. The van der Waals surface area contributed by atoms with E-state index in [4.69, 9.17) is 4.74 Å². The molecule has 230 valence electrons. The molecule has 4 aliphatic rings. The number of fused-ring (bicyclic) bond motifs is 2. The molecule has 0 aliphatic carbocycles. The largest absolute Gasteiger partial charge is 0.394 e. The van der Waals surface area contributed by atoms with Crippen molar-refractivity contribution in [3.05, 3.63) is 125 Å². The van der Waals surface area contributed by atoms with Gasteiger partial charge in [-0.2, -0.15) is 0 Å². The number of amides is 3. The van der Waals surface area contributed by atoms with Crippen molar-refractivity contribution < 1.29 is 24.2 Å². The summed E-state index contributed by atoms with van der Waals surface area (Å²) in [6.07, 6.45) is 6.87. The van der Waals surface area contributed by atoms with Crippen LogP contribution in [0.4, 0.5) is 5.69 Å². The average molecular weight is 604 g/mol. The van der Waals surface area contributed by atoms with E-state index < -0.39 is 42.2 Å². The first kappa shape index (κ1) is 29.2. The van der Waals surface area contributed by atoms with Gasteiger partial charge in [0.25, 0.3) is 5.91 Å². The number of hydrogen-bond donors (Lipinski definition) is 1. The minimum atomic E-state index is -1.40. The molecule has 45 heavy (non-hydrogen) atoms. The van der Waals surface area contributed by atoms with E-state index in [0.29, 0.717) is 18.7 Å². The summed E-state index contributed by atoms with van der Waals surface area (Å²) < 4.78 is 6.84. The highest BCUT2D eigenvalue weighted by Gasteiger charge is 2.72. The molecule has 6 atom stereocenters.